The average molecular weight is 276 g/mol. The Balaban J connectivity index is 1.90. The molecule has 1 heterocycles. The van der Waals surface area contributed by atoms with Crippen LogP contribution in [0.5, 0.6) is 0 Å². The number of carbonyl (C=O) groups is 1. The third-order valence-electron chi connectivity index (χ3n) is 3.96. The summed E-state index contributed by atoms with van der Waals surface area (Å²) in [7, 11) is 0. The molecule has 0 aromatic heterocycles. The van der Waals surface area contributed by atoms with Crippen molar-refractivity contribution < 1.29 is 9.90 Å². The van der Waals surface area contributed by atoms with Gasteiger partial charge in [-0.3, -0.25) is 4.79 Å². The first-order valence-electron chi connectivity index (χ1n) is 7.32. The summed E-state index contributed by atoms with van der Waals surface area (Å²) in [6.07, 6.45) is 1.80. The van der Waals surface area contributed by atoms with Gasteiger partial charge in [0.05, 0.1) is 0 Å². The van der Waals surface area contributed by atoms with Gasteiger partial charge >= 0.3 is 0 Å². The van der Waals surface area contributed by atoms with Gasteiger partial charge in [0.2, 0.25) is 5.91 Å². The van der Waals surface area contributed by atoms with E-state index in [4.69, 9.17) is 5.11 Å². The molecule has 0 radical (unpaired) electrons. The van der Waals surface area contributed by atoms with E-state index in [0.29, 0.717) is 12.0 Å². The molecule has 1 aliphatic heterocycles. The molecule has 2 atom stereocenters. The predicted octanol–water partition coefficient (Wildman–Crippen LogP) is 1.40. The molecule has 0 spiro atoms. The quantitative estimate of drug-likeness (QED) is 0.854. The van der Waals surface area contributed by atoms with Crippen molar-refractivity contribution in [2.75, 3.05) is 19.7 Å². The minimum atomic E-state index is 0.124. The Kier molecular flexibility index (Phi) is 5.56. The molecule has 1 aromatic carbocycles. The van der Waals surface area contributed by atoms with Crippen LogP contribution in [0.1, 0.15) is 25.3 Å². The van der Waals surface area contributed by atoms with Crippen LogP contribution in [0.4, 0.5) is 0 Å². The van der Waals surface area contributed by atoms with Gasteiger partial charge in [-0.25, -0.2) is 0 Å². The molecule has 0 aliphatic carbocycles. The Labute approximate surface area is 120 Å². The lowest BCUT2D eigenvalue weighted by atomic mass is 9.91. The van der Waals surface area contributed by atoms with Gasteiger partial charge in [0.15, 0.2) is 0 Å². The lowest BCUT2D eigenvalue weighted by molar-refractivity contribution is -0.131. The lowest BCUT2D eigenvalue weighted by Gasteiger charge is -2.37. The summed E-state index contributed by atoms with van der Waals surface area (Å²) in [4.78, 5) is 13.5. The first-order valence-corrected chi connectivity index (χ1v) is 7.32. The molecule has 1 saturated heterocycles. The molecule has 2 unspecified atom stereocenters. The van der Waals surface area contributed by atoms with Gasteiger partial charge in [0.25, 0.3) is 0 Å². The predicted molar refractivity (Wildman–Crippen MR) is 79.1 cm³/mol. The maximum absolute atomic E-state index is 11.6. The summed E-state index contributed by atoms with van der Waals surface area (Å²) in [5, 5.41) is 12.6. The highest BCUT2D eigenvalue weighted by Crippen LogP contribution is 2.20. The molecule has 2 N–H and O–H groups in total. The maximum atomic E-state index is 11.6. The van der Waals surface area contributed by atoms with Gasteiger partial charge in [-0.2, -0.15) is 0 Å². The number of hydrogen-bond donors (Lipinski definition) is 2. The number of aliphatic hydroxyl groups excluding tert-OH is 1. The smallest absolute Gasteiger partial charge is 0.219 e. The number of rotatable bonds is 5. The molecule has 1 amide bonds. The highest BCUT2D eigenvalue weighted by atomic mass is 16.3. The molecule has 2 rings (SSSR count). The summed E-state index contributed by atoms with van der Waals surface area (Å²) in [5.74, 6) is 0.519. The number of amides is 1. The second kappa shape index (κ2) is 7.41. The molecule has 110 valence electrons. The number of nitrogens with zero attached hydrogens (tertiary/aromatic N) is 1. The fourth-order valence-electron chi connectivity index (χ4n) is 2.86. The van der Waals surface area contributed by atoms with Gasteiger partial charge in [0.1, 0.15) is 0 Å². The topological polar surface area (TPSA) is 52.6 Å². The van der Waals surface area contributed by atoms with Crippen molar-refractivity contribution in [1.29, 1.82) is 0 Å². The average Bonchev–Trinajstić information content (AvgIpc) is 2.46. The molecule has 1 aliphatic rings. The van der Waals surface area contributed by atoms with E-state index in [2.05, 4.69) is 17.4 Å². The van der Waals surface area contributed by atoms with Crippen LogP contribution in [-0.2, 0) is 11.3 Å². The van der Waals surface area contributed by atoms with E-state index in [1.807, 2.05) is 23.1 Å². The van der Waals surface area contributed by atoms with E-state index in [0.717, 1.165) is 32.5 Å². The summed E-state index contributed by atoms with van der Waals surface area (Å²) >= 11 is 0. The van der Waals surface area contributed by atoms with Gasteiger partial charge < -0.3 is 15.3 Å². The summed E-state index contributed by atoms with van der Waals surface area (Å²) < 4.78 is 0. The fraction of sp³-hybridized carbons (Fsp3) is 0.562. The van der Waals surface area contributed by atoms with Crippen molar-refractivity contribution in [2.45, 2.75) is 32.4 Å². The van der Waals surface area contributed by atoms with Crippen molar-refractivity contribution in [3.05, 3.63) is 35.9 Å². The Morgan fingerprint density at radius 1 is 1.35 bits per heavy atom. The SMILES string of the molecule is CC(=O)N1CC(CCO)CC(NCc2ccccc2)C1. The molecule has 0 saturated carbocycles. The van der Waals surface area contributed by atoms with Crippen LogP contribution in [0.15, 0.2) is 30.3 Å². The van der Waals surface area contributed by atoms with Crippen molar-refractivity contribution in [3.8, 4) is 0 Å². The normalized spacial score (nSPS) is 22.8. The van der Waals surface area contributed by atoms with Crippen LogP contribution in [0.2, 0.25) is 0 Å². The van der Waals surface area contributed by atoms with Crippen molar-refractivity contribution in [2.24, 2.45) is 5.92 Å². The number of piperidine rings is 1. The van der Waals surface area contributed by atoms with Gasteiger partial charge in [-0.15, -0.1) is 0 Å². The molecule has 4 heteroatoms. The largest absolute Gasteiger partial charge is 0.396 e. The number of nitrogens with one attached hydrogen (secondary N) is 1. The number of benzene rings is 1. The third-order valence-corrected chi connectivity index (χ3v) is 3.96. The molecular weight excluding hydrogens is 252 g/mol. The standard InChI is InChI=1S/C16H24N2O2/c1-13(20)18-11-15(7-8-19)9-16(12-18)17-10-14-5-3-2-4-6-14/h2-6,15-17,19H,7-12H2,1H3. The number of aliphatic hydroxyl groups is 1. The molecule has 0 bridgehead atoms. The molecule has 4 nitrogen and oxygen atoms in total. The van der Waals surface area contributed by atoms with Crippen molar-refractivity contribution in [3.63, 3.8) is 0 Å². The van der Waals surface area contributed by atoms with Gasteiger partial charge in [-0.1, -0.05) is 30.3 Å². The van der Waals surface area contributed by atoms with Crippen LogP contribution in [0, 0.1) is 5.92 Å². The first kappa shape index (κ1) is 15.0. The minimum absolute atomic E-state index is 0.124. The lowest BCUT2D eigenvalue weighted by Crippen LogP contribution is -2.50. The van der Waals surface area contributed by atoms with E-state index in [-0.39, 0.29) is 12.5 Å². The zero-order valence-corrected chi connectivity index (χ0v) is 12.1. The Morgan fingerprint density at radius 3 is 2.75 bits per heavy atom. The summed E-state index contributed by atoms with van der Waals surface area (Å²) in [6, 6.07) is 10.6. The summed E-state index contributed by atoms with van der Waals surface area (Å²) in [5.41, 5.74) is 1.26. The van der Waals surface area contributed by atoms with Crippen LogP contribution in [0.25, 0.3) is 0 Å². The van der Waals surface area contributed by atoms with Crippen LogP contribution in [-0.4, -0.2) is 41.7 Å². The Morgan fingerprint density at radius 2 is 2.10 bits per heavy atom. The third kappa shape index (κ3) is 4.32. The zero-order valence-electron chi connectivity index (χ0n) is 12.1. The highest BCUT2D eigenvalue weighted by Gasteiger charge is 2.27. The molecule has 1 fully saturated rings. The minimum Gasteiger partial charge on any atom is -0.396 e. The highest BCUT2D eigenvalue weighted by molar-refractivity contribution is 5.73. The fourth-order valence-corrected chi connectivity index (χ4v) is 2.86. The Hall–Kier alpha value is -1.39. The molecule has 1 aromatic rings. The van der Waals surface area contributed by atoms with E-state index in [1.165, 1.54) is 5.56 Å². The summed E-state index contributed by atoms with van der Waals surface area (Å²) in [6.45, 7) is 4.18. The van der Waals surface area contributed by atoms with E-state index < -0.39 is 0 Å². The first-order chi connectivity index (χ1) is 9.69. The van der Waals surface area contributed by atoms with Crippen LogP contribution < -0.4 is 5.32 Å². The zero-order chi connectivity index (χ0) is 14.4. The number of carbonyl (C=O) groups excluding carboxylic acids is 1. The van der Waals surface area contributed by atoms with E-state index in [9.17, 15) is 4.79 Å². The molecule has 20 heavy (non-hydrogen) atoms. The Bertz CT molecular complexity index is 422. The van der Waals surface area contributed by atoms with Crippen LogP contribution in [0.3, 0.4) is 0 Å². The monoisotopic (exact) mass is 276 g/mol. The van der Waals surface area contributed by atoms with Crippen molar-refractivity contribution >= 4 is 5.91 Å². The van der Waals surface area contributed by atoms with Gasteiger partial charge in [-0.05, 0) is 24.3 Å². The van der Waals surface area contributed by atoms with E-state index in [1.54, 1.807) is 6.92 Å². The second-order valence-electron chi connectivity index (χ2n) is 5.60. The molecular formula is C16H24N2O2. The second-order valence-corrected chi connectivity index (χ2v) is 5.60. The number of hydrogen-bond acceptors (Lipinski definition) is 3. The maximum Gasteiger partial charge on any atom is 0.219 e. The van der Waals surface area contributed by atoms with E-state index >= 15 is 0 Å². The van der Waals surface area contributed by atoms with Crippen molar-refractivity contribution in [1.82, 2.24) is 10.2 Å². The van der Waals surface area contributed by atoms with Gasteiger partial charge in [0, 0.05) is 39.2 Å². The number of likely N-dealkylation sites (tertiary alicyclic amines) is 1. The van der Waals surface area contributed by atoms with Crippen LogP contribution >= 0.6 is 0 Å².